The van der Waals surface area contributed by atoms with Crippen molar-refractivity contribution in [1.29, 1.82) is 5.26 Å². The summed E-state index contributed by atoms with van der Waals surface area (Å²) in [6, 6.07) is 18.8. The van der Waals surface area contributed by atoms with E-state index in [1.54, 1.807) is 30.6 Å². The number of piperidine rings is 1. The normalized spacial score (nSPS) is 13.9. The molecule has 7 rings (SSSR count). The van der Waals surface area contributed by atoms with Gasteiger partial charge in [-0.15, -0.1) is 0 Å². The van der Waals surface area contributed by atoms with E-state index in [0.29, 0.717) is 39.9 Å². The van der Waals surface area contributed by atoms with Crippen molar-refractivity contribution in [2.75, 3.05) is 24.1 Å². The van der Waals surface area contributed by atoms with Gasteiger partial charge in [-0.1, -0.05) is 12.1 Å². The molecule has 5 aromatic heterocycles. The number of nitrogens with two attached hydrogens (primary N) is 1. The number of halogens is 2. The van der Waals surface area contributed by atoms with Crippen LogP contribution in [-0.2, 0) is 6.54 Å². The van der Waals surface area contributed by atoms with E-state index in [9.17, 15) is 8.78 Å². The van der Waals surface area contributed by atoms with Gasteiger partial charge in [0.25, 0.3) is 0 Å². The van der Waals surface area contributed by atoms with Crippen molar-refractivity contribution in [3.05, 3.63) is 90.8 Å². The highest BCUT2D eigenvalue weighted by atomic mass is 19.3. The Balaban J connectivity index is 1.13. The van der Waals surface area contributed by atoms with Crippen LogP contribution in [0.2, 0.25) is 0 Å². The highest BCUT2D eigenvalue weighted by molar-refractivity contribution is 5.83. The van der Waals surface area contributed by atoms with E-state index in [4.69, 9.17) is 21.0 Å². The van der Waals surface area contributed by atoms with E-state index in [2.05, 4.69) is 52.0 Å². The summed E-state index contributed by atoms with van der Waals surface area (Å²) in [6.07, 6.45) is 7.78. The molecule has 0 spiro atoms. The predicted octanol–water partition coefficient (Wildman–Crippen LogP) is 4.86. The third-order valence-electron chi connectivity index (χ3n) is 7.96. The molecular formula is C33H28F2N12O. The number of anilines is 2. The summed E-state index contributed by atoms with van der Waals surface area (Å²) >= 11 is 0. The van der Waals surface area contributed by atoms with Gasteiger partial charge in [-0.05, 0) is 60.9 Å². The topological polar surface area (TPSA) is 169 Å². The fraction of sp³-hybridized carbons (Fsp3) is 0.212. The van der Waals surface area contributed by atoms with E-state index >= 15 is 0 Å². The third kappa shape index (κ3) is 6.55. The first-order chi connectivity index (χ1) is 23.4. The fourth-order valence-electron chi connectivity index (χ4n) is 5.67. The van der Waals surface area contributed by atoms with Crippen LogP contribution in [0.15, 0.2) is 79.4 Å². The van der Waals surface area contributed by atoms with Crippen molar-refractivity contribution < 1.29 is 13.5 Å². The molecule has 13 nitrogen and oxygen atoms in total. The largest absolute Gasteiger partial charge is 0.433 e. The maximum Gasteiger partial charge on any atom is 0.387 e. The number of imidazole rings is 1. The number of likely N-dealkylation sites (tertiary alicyclic amines) is 1. The molecule has 6 heterocycles. The smallest absolute Gasteiger partial charge is 0.387 e. The van der Waals surface area contributed by atoms with Crippen LogP contribution in [0.25, 0.3) is 39.8 Å². The van der Waals surface area contributed by atoms with Gasteiger partial charge in [0.1, 0.15) is 28.8 Å². The molecule has 0 unspecified atom stereocenters. The Kier molecular flexibility index (Phi) is 8.46. The standard InChI is InChI=1S/C33H28F2N12O/c34-33(35)48-23-5-6-24(41-18-23)25-7-8-26-31(43-25)47(32(44-26)29-30(37)40-14-13-39-29)22-3-1-20(2-4-22)19-46-15-10-21(11-16-46)42-27-9-12-38-28(17-36)45-27/h1-9,12-14,18,21,33H,10-11,15-16,19H2,(H2,37,40)(H,38,42,45). The van der Waals surface area contributed by atoms with E-state index in [1.807, 2.05) is 28.8 Å². The number of alkyl halides is 2. The molecule has 0 amide bonds. The minimum absolute atomic E-state index is 0.0428. The van der Waals surface area contributed by atoms with Gasteiger partial charge in [-0.25, -0.2) is 29.9 Å². The highest BCUT2D eigenvalue weighted by Crippen LogP contribution is 2.31. The number of hydrogen-bond donors (Lipinski definition) is 2. The Morgan fingerprint density at radius 3 is 2.42 bits per heavy atom. The molecule has 0 saturated carbocycles. The molecule has 1 saturated heterocycles. The first-order valence-electron chi connectivity index (χ1n) is 15.1. The van der Waals surface area contributed by atoms with Crippen LogP contribution in [0.5, 0.6) is 5.75 Å². The zero-order chi connectivity index (χ0) is 33.0. The zero-order valence-electron chi connectivity index (χ0n) is 25.4. The van der Waals surface area contributed by atoms with Crippen LogP contribution in [0.4, 0.5) is 20.4 Å². The van der Waals surface area contributed by atoms with Crippen LogP contribution >= 0.6 is 0 Å². The number of nitriles is 1. The lowest BCUT2D eigenvalue weighted by atomic mass is 10.0. The van der Waals surface area contributed by atoms with Gasteiger partial charge >= 0.3 is 6.61 Å². The monoisotopic (exact) mass is 646 g/mol. The molecule has 3 N–H and O–H groups in total. The van der Waals surface area contributed by atoms with Gasteiger partial charge in [-0.3, -0.25) is 14.5 Å². The fourth-order valence-corrected chi connectivity index (χ4v) is 5.67. The molecule has 48 heavy (non-hydrogen) atoms. The van der Waals surface area contributed by atoms with Crippen LogP contribution < -0.4 is 15.8 Å². The zero-order valence-corrected chi connectivity index (χ0v) is 25.4. The SMILES string of the molecule is N#Cc1nccc(NC2CCN(Cc3ccc(-n4c(-c5nccnc5N)nc5ccc(-c6ccc(OC(F)F)cn6)nc54)cc3)CC2)n1. The van der Waals surface area contributed by atoms with Gasteiger partial charge in [-0.2, -0.15) is 14.0 Å². The molecule has 240 valence electrons. The van der Waals surface area contributed by atoms with E-state index in [-0.39, 0.29) is 23.4 Å². The second kappa shape index (κ2) is 13.3. The van der Waals surface area contributed by atoms with Crippen molar-refractivity contribution in [1.82, 2.24) is 44.4 Å². The van der Waals surface area contributed by atoms with Crippen molar-refractivity contribution in [3.8, 4) is 40.4 Å². The minimum atomic E-state index is -2.94. The number of nitrogens with one attached hydrogen (secondary N) is 1. The second-order valence-corrected chi connectivity index (χ2v) is 11.1. The Morgan fingerprint density at radius 1 is 0.896 bits per heavy atom. The summed E-state index contributed by atoms with van der Waals surface area (Å²) in [6.45, 7) is -0.333. The van der Waals surface area contributed by atoms with Crippen molar-refractivity contribution in [3.63, 3.8) is 0 Å². The van der Waals surface area contributed by atoms with Crippen molar-refractivity contribution in [2.45, 2.75) is 32.0 Å². The average Bonchev–Trinajstić information content (AvgIpc) is 3.48. The molecule has 15 heteroatoms. The van der Waals surface area contributed by atoms with Crippen molar-refractivity contribution in [2.24, 2.45) is 0 Å². The number of ether oxygens (including phenoxy) is 1. The number of fused-ring (bicyclic) bond motifs is 1. The highest BCUT2D eigenvalue weighted by Gasteiger charge is 2.22. The molecule has 0 radical (unpaired) electrons. The van der Waals surface area contributed by atoms with E-state index in [0.717, 1.165) is 43.7 Å². The van der Waals surface area contributed by atoms with Crippen LogP contribution in [0, 0.1) is 11.3 Å². The number of rotatable bonds is 9. The molecule has 1 aromatic carbocycles. The Bertz CT molecular complexity index is 2090. The number of benzene rings is 1. The number of nitrogen functional groups attached to an aromatic ring is 1. The summed E-state index contributed by atoms with van der Waals surface area (Å²) < 4.78 is 31.6. The van der Waals surface area contributed by atoms with E-state index in [1.165, 1.54) is 18.5 Å². The lowest BCUT2D eigenvalue weighted by Crippen LogP contribution is -2.38. The first-order valence-corrected chi connectivity index (χ1v) is 15.1. The Morgan fingerprint density at radius 2 is 1.69 bits per heavy atom. The molecule has 0 bridgehead atoms. The lowest BCUT2D eigenvalue weighted by molar-refractivity contribution is -0.0500. The molecule has 1 fully saturated rings. The average molecular weight is 647 g/mol. The molecule has 1 aliphatic heterocycles. The lowest BCUT2D eigenvalue weighted by Gasteiger charge is -2.32. The van der Waals surface area contributed by atoms with Crippen LogP contribution in [-0.4, -0.2) is 70.1 Å². The van der Waals surface area contributed by atoms with Gasteiger partial charge in [0.15, 0.2) is 17.3 Å². The number of hydrogen-bond acceptors (Lipinski definition) is 12. The number of nitrogens with zero attached hydrogens (tertiary/aromatic N) is 10. The summed E-state index contributed by atoms with van der Waals surface area (Å²) in [5, 5.41) is 12.5. The molecule has 6 aromatic rings. The quantitative estimate of drug-likeness (QED) is 0.219. The molecule has 1 aliphatic rings. The number of pyridine rings is 2. The maximum atomic E-state index is 12.6. The Hall–Kier alpha value is -6.14. The van der Waals surface area contributed by atoms with E-state index < -0.39 is 6.61 Å². The second-order valence-electron chi connectivity index (χ2n) is 11.1. The van der Waals surface area contributed by atoms with Crippen LogP contribution in [0.1, 0.15) is 24.2 Å². The van der Waals surface area contributed by atoms with Crippen molar-refractivity contribution >= 4 is 22.8 Å². The van der Waals surface area contributed by atoms with Gasteiger partial charge in [0, 0.05) is 50.0 Å². The maximum absolute atomic E-state index is 12.6. The Labute approximate surface area is 273 Å². The first kappa shape index (κ1) is 30.5. The van der Waals surface area contributed by atoms with Crippen LogP contribution in [0.3, 0.4) is 0 Å². The van der Waals surface area contributed by atoms with Gasteiger partial charge in [0.2, 0.25) is 5.82 Å². The number of aromatic nitrogens is 8. The molecule has 0 atom stereocenters. The summed E-state index contributed by atoms with van der Waals surface area (Å²) in [4.78, 5) is 33.2. The molecule has 0 aliphatic carbocycles. The van der Waals surface area contributed by atoms with Gasteiger partial charge in [0.05, 0.1) is 17.6 Å². The molecular weight excluding hydrogens is 618 g/mol. The summed E-state index contributed by atoms with van der Waals surface area (Å²) in [5.41, 5.74) is 10.7. The van der Waals surface area contributed by atoms with Gasteiger partial charge < -0.3 is 15.8 Å². The summed E-state index contributed by atoms with van der Waals surface area (Å²) in [7, 11) is 0. The minimum Gasteiger partial charge on any atom is -0.433 e. The summed E-state index contributed by atoms with van der Waals surface area (Å²) in [5.74, 6) is 1.48. The third-order valence-corrected chi connectivity index (χ3v) is 7.96. The predicted molar refractivity (Wildman–Crippen MR) is 173 cm³/mol.